The Balaban J connectivity index is 1.78. The first kappa shape index (κ1) is 9.46. The Hall–Kier alpha value is -0.770. The third-order valence-electron chi connectivity index (χ3n) is 4.89. The van der Waals surface area contributed by atoms with Crippen LogP contribution in [0, 0.1) is 22.2 Å². The van der Waals surface area contributed by atoms with Crippen LogP contribution in [0.15, 0.2) is 11.6 Å². The zero-order valence-corrected chi connectivity index (χ0v) is 9.39. The van der Waals surface area contributed by atoms with Gasteiger partial charge in [0.05, 0.1) is 11.5 Å². The van der Waals surface area contributed by atoms with Crippen molar-refractivity contribution >= 4 is 0 Å². The molecule has 0 aromatic heterocycles. The summed E-state index contributed by atoms with van der Waals surface area (Å²) in [5, 5.41) is 9.45. The highest BCUT2D eigenvalue weighted by Gasteiger charge is 2.58. The first-order chi connectivity index (χ1) is 7.29. The molecule has 0 atom stereocenters. The van der Waals surface area contributed by atoms with Crippen LogP contribution in [0.1, 0.15) is 57.8 Å². The SMILES string of the molecule is N#CC1(C2=CCCCC2)CC2(CCC2)C1. The number of hydrogen-bond acceptors (Lipinski definition) is 1. The summed E-state index contributed by atoms with van der Waals surface area (Å²) in [7, 11) is 0. The fourth-order valence-electron chi connectivity index (χ4n) is 3.91. The minimum atomic E-state index is -0.0131. The second-order valence-electron chi connectivity index (χ2n) is 5.88. The van der Waals surface area contributed by atoms with Gasteiger partial charge in [-0.15, -0.1) is 0 Å². The van der Waals surface area contributed by atoms with Crippen LogP contribution < -0.4 is 0 Å². The molecule has 0 aromatic rings. The van der Waals surface area contributed by atoms with Gasteiger partial charge < -0.3 is 0 Å². The largest absolute Gasteiger partial charge is 0.197 e. The van der Waals surface area contributed by atoms with Crippen LogP contribution in [-0.2, 0) is 0 Å². The van der Waals surface area contributed by atoms with Crippen molar-refractivity contribution in [2.24, 2.45) is 10.8 Å². The molecule has 0 N–H and O–H groups in total. The Bertz CT molecular complexity index is 333. The standard InChI is InChI=1S/C14H19N/c15-11-14(12-5-2-1-3-6-12)9-13(10-14)7-4-8-13/h5H,1-4,6-10H2. The van der Waals surface area contributed by atoms with Crippen molar-refractivity contribution in [1.82, 2.24) is 0 Å². The van der Waals surface area contributed by atoms with Gasteiger partial charge in [0.2, 0.25) is 0 Å². The molecule has 15 heavy (non-hydrogen) atoms. The summed E-state index contributed by atoms with van der Waals surface area (Å²) in [6.45, 7) is 0. The quantitative estimate of drug-likeness (QED) is 0.589. The summed E-state index contributed by atoms with van der Waals surface area (Å²) < 4.78 is 0. The molecule has 0 bridgehead atoms. The molecule has 0 saturated heterocycles. The maximum absolute atomic E-state index is 9.45. The molecule has 0 aliphatic heterocycles. The Morgan fingerprint density at radius 2 is 1.93 bits per heavy atom. The fraction of sp³-hybridized carbons (Fsp3) is 0.786. The van der Waals surface area contributed by atoms with E-state index >= 15 is 0 Å². The maximum atomic E-state index is 9.45. The summed E-state index contributed by atoms with van der Waals surface area (Å²) in [6, 6.07) is 2.64. The van der Waals surface area contributed by atoms with Gasteiger partial charge in [-0.05, 0) is 56.8 Å². The predicted octanol–water partition coefficient (Wildman–Crippen LogP) is 3.96. The van der Waals surface area contributed by atoms with Crippen molar-refractivity contribution in [3.8, 4) is 6.07 Å². The molecule has 0 amide bonds. The lowest BCUT2D eigenvalue weighted by Gasteiger charge is -2.59. The lowest BCUT2D eigenvalue weighted by atomic mass is 9.43. The van der Waals surface area contributed by atoms with E-state index in [0.29, 0.717) is 5.41 Å². The Morgan fingerprint density at radius 3 is 2.40 bits per heavy atom. The van der Waals surface area contributed by atoms with Crippen molar-refractivity contribution in [2.45, 2.75) is 57.8 Å². The second kappa shape index (κ2) is 3.11. The maximum Gasteiger partial charge on any atom is 0.0793 e. The molecular weight excluding hydrogens is 182 g/mol. The van der Waals surface area contributed by atoms with E-state index in [1.54, 1.807) is 0 Å². The van der Waals surface area contributed by atoms with E-state index in [0.717, 1.165) is 0 Å². The van der Waals surface area contributed by atoms with E-state index in [-0.39, 0.29) is 5.41 Å². The van der Waals surface area contributed by atoms with Gasteiger partial charge in [-0.25, -0.2) is 0 Å². The smallest absolute Gasteiger partial charge is 0.0793 e. The number of nitriles is 1. The van der Waals surface area contributed by atoms with Gasteiger partial charge in [-0.1, -0.05) is 18.1 Å². The topological polar surface area (TPSA) is 23.8 Å². The number of nitrogens with zero attached hydrogens (tertiary/aromatic N) is 1. The molecule has 0 unspecified atom stereocenters. The van der Waals surface area contributed by atoms with Crippen LogP contribution in [0.4, 0.5) is 0 Å². The highest BCUT2D eigenvalue weighted by atomic mass is 14.6. The molecule has 1 nitrogen and oxygen atoms in total. The van der Waals surface area contributed by atoms with Gasteiger partial charge >= 0.3 is 0 Å². The molecule has 1 spiro atoms. The zero-order valence-electron chi connectivity index (χ0n) is 9.39. The minimum absolute atomic E-state index is 0.0131. The van der Waals surface area contributed by atoms with Crippen LogP contribution >= 0.6 is 0 Å². The molecule has 1 heteroatoms. The summed E-state index contributed by atoms with van der Waals surface area (Å²) in [6.07, 6.45) is 14.0. The van der Waals surface area contributed by atoms with E-state index in [4.69, 9.17) is 0 Å². The Labute approximate surface area is 92.2 Å². The second-order valence-corrected chi connectivity index (χ2v) is 5.88. The molecular formula is C14H19N. The third kappa shape index (κ3) is 1.27. The van der Waals surface area contributed by atoms with E-state index in [2.05, 4.69) is 12.1 Å². The Kier molecular flexibility index (Phi) is 1.96. The number of hydrogen-bond donors (Lipinski definition) is 0. The highest BCUT2D eigenvalue weighted by molar-refractivity contribution is 5.32. The van der Waals surface area contributed by atoms with Crippen LogP contribution in [0.2, 0.25) is 0 Å². The molecule has 0 heterocycles. The van der Waals surface area contributed by atoms with Gasteiger partial charge in [-0.2, -0.15) is 5.26 Å². The minimum Gasteiger partial charge on any atom is -0.197 e. The summed E-state index contributed by atoms with van der Waals surface area (Å²) in [5.41, 5.74) is 2.10. The monoisotopic (exact) mass is 201 g/mol. The summed E-state index contributed by atoms with van der Waals surface area (Å²) in [5.74, 6) is 0. The Morgan fingerprint density at radius 1 is 1.13 bits per heavy atom. The molecule has 3 rings (SSSR count). The molecule has 2 saturated carbocycles. The van der Waals surface area contributed by atoms with Crippen LogP contribution in [0.5, 0.6) is 0 Å². The van der Waals surface area contributed by atoms with Gasteiger partial charge in [0, 0.05) is 0 Å². The van der Waals surface area contributed by atoms with Gasteiger partial charge in [0.25, 0.3) is 0 Å². The van der Waals surface area contributed by atoms with Gasteiger partial charge in [-0.3, -0.25) is 0 Å². The highest BCUT2D eigenvalue weighted by Crippen LogP contribution is 2.67. The van der Waals surface area contributed by atoms with E-state index in [1.807, 2.05) is 0 Å². The van der Waals surface area contributed by atoms with Crippen molar-refractivity contribution in [3.05, 3.63) is 11.6 Å². The van der Waals surface area contributed by atoms with Gasteiger partial charge in [0.15, 0.2) is 0 Å². The van der Waals surface area contributed by atoms with Crippen molar-refractivity contribution < 1.29 is 0 Å². The molecule has 3 aliphatic rings. The average molecular weight is 201 g/mol. The normalized spacial score (nSPS) is 31.0. The van der Waals surface area contributed by atoms with E-state index in [9.17, 15) is 5.26 Å². The van der Waals surface area contributed by atoms with Crippen LogP contribution in [-0.4, -0.2) is 0 Å². The lowest BCUT2D eigenvalue weighted by molar-refractivity contribution is -0.0468. The van der Waals surface area contributed by atoms with Crippen molar-refractivity contribution in [3.63, 3.8) is 0 Å². The molecule has 80 valence electrons. The molecule has 0 radical (unpaired) electrons. The average Bonchev–Trinajstić information content (AvgIpc) is 2.17. The third-order valence-corrected chi connectivity index (χ3v) is 4.89. The van der Waals surface area contributed by atoms with Crippen molar-refractivity contribution in [2.75, 3.05) is 0 Å². The van der Waals surface area contributed by atoms with E-state index in [1.165, 1.54) is 63.4 Å². The zero-order chi connectivity index (χ0) is 10.4. The van der Waals surface area contributed by atoms with Gasteiger partial charge in [0.1, 0.15) is 0 Å². The lowest BCUT2D eigenvalue weighted by Crippen LogP contribution is -2.50. The first-order valence-electron chi connectivity index (χ1n) is 6.40. The number of allylic oxidation sites excluding steroid dienone is 2. The number of rotatable bonds is 1. The molecule has 3 aliphatic carbocycles. The molecule has 2 fully saturated rings. The van der Waals surface area contributed by atoms with Crippen LogP contribution in [0.3, 0.4) is 0 Å². The van der Waals surface area contributed by atoms with Crippen LogP contribution in [0.25, 0.3) is 0 Å². The predicted molar refractivity (Wildman–Crippen MR) is 60.1 cm³/mol. The summed E-state index contributed by atoms with van der Waals surface area (Å²) in [4.78, 5) is 0. The van der Waals surface area contributed by atoms with E-state index < -0.39 is 0 Å². The van der Waals surface area contributed by atoms with Crippen molar-refractivity contribution in [1.29, 1.82) is 5.26 Å². The summed E-state index contributed by atoms with van der Waals surface area (Å²) >= 11 is 0. The molecule has 0 aromatic carbocycles. The first-order valence-corrected chi connectivity index (χ1v) is 6.40. The fourth-order valence-corrected chi connectivity index (χ4v) is 3.91.